The zero-order valence-electron chi connectivity index (χ0n) is 14.5. The van der Waals surface area contributed by atoms with Crippen molar-refractivity contribution in [3.8, 4) is 5.75 Å². The molecule has 6 heteroatoms. The van der Waals surface area contributed by atoms with E-state index < -0.39 is 6.10 Å². The Balaban J connectivity index is 1.42. The lowest BCUT2D eigenvalue weighted by atomic mass is 9.93. The molecular weight excluding hydrogens is 318 g/mol. The lowest BCUT2D eigenvalue weighted by Crippen LogP contribution is -2.40. The molecule has 1 aromatic carbocycles. The number of aromatic nitrogens is 2. The number of hydrogen-bond acceptors (Lipinski definition) is 5. The average molecular weight is 345 g/mol. The third-order valence-electron chi connectivity index (χ3n) is 4.72. The molecule has 0 amide bonds. The van der Waals surface area contributed by atoms with E-state index in [1.807, 2.05) is 41.2 Å². The first-order chi connectivity index (χ1) is 12.3. The quantitative estimate of drug-likeness (QED) is 0.759. The Morgan fingerprint density at radius 2 is 1.92 bits per heavy atom. The molecule has 3 rings (SSSR count). The normalized spacial score (nSPS) is 17.5. The van der Waals surface area contributed by atoms with Crippen molar-refractivity contribution in [1.82, 2.24) is 14.7 Å². The molecule has 1 aliphatic rings. The van der Waals surface area contributed by atoms with Crippen molar-refractivity contribution in [1.29, 1.82) is 0 Å². The van der Waals surface area contributed by atoms with Crippen LogP contribution in [-0.2, 0) is 6.54 Å². The number of β-amino-alcohol motifs (C(OH)–C–C–N with tert-alkyl or cyclic N) is 1. The summed E-state index contributed by atoms with van der Waals surface area (Å²) in [4.78, 5) is 2.29. The molecule has 1 aromatic heterocycles. The van der Waals surface area contributed by atoms with Gasteiger partial charge in [0.1, 0.15) is 18.5 Å². The third-order valence-corrected chi connectivity index (χ3v) is 4.72. The topological polar surface area (TPSA) is 70.8 Å². The summed E-state index contributed by atoms with van der Waals surface area (Å²) in [5.41, 5.74) is 1.21. The maximum absolute atomic E-state index is 10.2. The van der Waals surface area contributed by atoms with Crippen molar-refractivity contribution in [2.45, 2.75) is 31.4 Å². The highest BCUT2D eigenvalue weighted by atomic mass is 16.5. The molecule has 1 aliphatic heterocycles. The van der Waals surface area contributed by atoms with Crippen molar-refractivity contribution in [3.05, 3.63) is 48.3 Å². The second-order valence-electron chi connectivity index (χ2n) is 6.56. The van der Waals surface area contributed by atoms with Gasteiger partial charge < -0.3 is 19.8 Å². The van der Waals surface area contributed by atoms with Gasteiger partial charge in [-0.1, -0.05) is 18.2 Å². The predicted octanol–water partition coefficient (Wildman–Crippen LogP) is 1.49. The Hall–Kier alpha value is -1.89. The molecule has 2 heterocycles. The van der Waals surface area contributed by atoms with Crippen LogP contribution in [0, 0.1) is 0 Å². The van der Waals surface area contributed by atoms with Crippen molar-refractivity contribution in [3.63, 3.8) is 0 Å². The molecule has 0 bridgehead atoms. The molecule has 2 N–H and O–H groups in total. The summed E-state index contributed by atoms with van der Waals surface area (Å²) in [6, 6.07) is 11.6. The van der Waals surface area contributed by atoms with Crippen LogP contribution < -0.4 is 4.74 Å². The number of piperidine rings is 1. The molecule has 1 fully saturated rings. The van der Waals surface area contributed by atoms with Crippen molar-refractivity contribution in [2.75, 3.05) is 32.8 Å². The molecule has 0 saturated carbocycles. The molecule has 0 spiro atoms. The first-order valence-electron chi connectivity index (χ1n) is 8.97. The van der Waals surface area contributed by atoms with E-state index in [2.05, 4.69) is 16.1 Å². The zero-order chi connectivity index (χ0) is 17.5. The minimum atomic E-state index is -0.489. The number of rotatable bonds is 8. The Bertz CT molecular complexity index is 624. The second kappa shape index (κ2) is 8.99. The molecule has 25 heavy (non-hydrogen) atoms. The van der Waals surface area contributed by atoms with Gasteiger partial charge in [0.05, 0.1) is 13.2 Å². The van der Waals surface area contributed by atoms with E-state index in [0.717, 1.165) is 31.7 Å². The highest BCUT2D eigenvalue weighted by Gasteiger charge is 2.24. The standard InChI is InChI=1S/C19H27N3O3/c23-13-12-22-19(6-9-20-22)16-7-10-21(11-8-16)14-17(24)15-25-18-4-2-1-3-5-18/h1-6,9,16-17,23-24H,7-8,10-15H2/t17-/m0/s1. The first-order valence-corrected chi connectivity index (χ1v) is 8.97. The van der Waals surface area contributed by atoms with Crippen molar-refractivity contribution < 1.29 is 14.9 Å². The van der Waals surface area contributed by atoms with Crippen LogP contribution in [-0.4, -0.2) is 63.8 Å². The number of benzene rings is 1. The maximum Gasteiger partial charge on any atom is 0.119 e. The van der Waals surface area contributed by atoms with Crippen molar-refractivity contribution >= 4 is 0 Å². The Morgan fingerprint density at radius 3 is 2.64 bits per heavy atom. The van der Waals surface area contributed by atoms with Gasteiger partial charge >= 0.3 is 0 Å². The summed E-state index contributed by atoms with van der Waals surface area (Å²) < 4.78 is 7.53. The van der Waals surface area contributed by atoms with Gasteiger partial charge in [0.2, 0.25) is 0 Å². The molecule has 2 aromatic rings. The first kappa shape index (κ1) is 17.9. The average Bonchev–Trinajstić information content (AvgIpc) is 3.10. The van der Waals surface area contributed by atoms with E-state index in [1.165, 1.54) is 5.69 Å². The fourth-order valence-corrected chi connectivity index (χ4v) is 3.44. The highest BCUT2D eigenvalue weighted by molar-refractivity contribution is 5.20. The fourth-order valence-electron chi connectivity index (χ4n) is 3.44. The van der Waals surface area contributed by atoms with E-state index in [1.54, 1.807) is 0 Å². The largest absolute Gasteiger partial charge is 0.491 e. The minimum Gasteiger partial charge on any atom is -0.491 e. The number of hydrogen-bond donors (Lipinski definition) is 2. The van der Waals surface area contributed by atoms with Crippen LogP contribution in [0.15, 0.2) is 42.6 Å². The number of aliphatic hydroxyl groups excluding tert-OH is 2. The summed E-state index contributed by atoms with van der Waals surface area (Å²) in [6.07, 6.45) is 3.41. The summed E-state index contributed by atoms with van der Waals surface area (Å²) in [7, 11) is 0. The van der Waals surface area contributed by atoms with Gasteiger partial charge in [-0.15, -0.1) is 0 Å². The van der Waals surface area contributed by atoms with E-state index in [-0.39, 0.29) is 6.61 Å². The summed E-state index contributed by atoms with van der Waals surface area (Å²) >= 11 is 0. The summed E-state index contributed by atoms with van der Waals surface area (Å²) in [6.45, 7) is 3.52. The maximum atomic E-state index is 10.2. The Labute approximate surface area is 148 Å². The van der Waals surface area contributed by atoms with E-state index in [0.29, 0.717) is 25.6 Å². The molecule has 1 saturated heterocycles. The lowest BCUT2D eigenvalue weighted by molar-refractivity contribution is 0.0590. The molecule has 0 aliphatic carbocycles. The molecule has 0 unspecified atom stereocenters. The van der Waals surface area contributed by atoms with Crippen LogP contribution in [0.1, 0.15) is 24.5 Å². The van der Waals surface area contributed by atoms with Gasteiger partial charge in [0, 0.05) is 24.4 Å². The van der Waals surface area contributed by atoms with Crippen LogP contribution >= 0.6 is 0 Å². The highest BCUT2D eigenvalue weighted by Crippen LogP contribution is 2.27. The van der Waals surface area contributed by atoms with E-state index in [4.69, 9.17) is 9.84 Å². The molecular formula is C19H27N3O3. The van der Waals surface area contributed by atoms with Gasteiger partial charge in [-0.3, -0.25) is 4.68 Å². The van der Waals surface area contributed by atoms with Crippen LogP contribution in [0.25, 0.3) is 0 Å². The van der Waals surface area contributed by atoms with Gasteiger partial charge in [-0.25, -0.2) is 0 Å². The van der Waals surface area contributed by atoms with Crippen LogP contribution in [0.3, 0.4) is 0 Å². The molecule has 0 radical (unpaired) electrons. The molecule has 6 nitrogen and oxygen atoms in total. The number of likely N-dealkylation sites (tertiary alicyclic amines) is 1. The SMILES string of the molecule is OCCn1nccc1C1CCN(C[C@H](O)COc2ccccc2)CC1. The number of para-hydroxylation sites is 1. The van der Waals surface area contributed by atoms with Crippen molar-refractivity contribution in [2.24, 2.45) is 0 Å². The smallest absolute Gasteiger partial charge is 0.119 e. The second-order valence-corrected chi connectivity index (χ2v) is 6.56. The van der Waals surface area contributed by atoms with E-state index in [9.17, 15) is 5.11 Å². The number of ether oxygens (including phenoxy) is 1. The Morgan fingerprint density at radius 1 is 1.16 bits per heavy atom. The van der Waals surface area contributed by atoms with Crippen LogP contribution in [0.4, 0.5) is 0 Å². The number of nitrogens with zero attached hydrogens (tertiary/aromatic N) is 3. The van der Waals surface area contributed by atoms with Gasteiger partial charge in [0.15, 0.2) is 0 Å². The molecule has 1 atom stereocenters. The monoisotopic (exact) mass is 345 g/mol. The summed E-state index contributed by atoms with van der Waals surface area (Å²) in [5.74, 6) is 1.26. The van der Waals surface area contributed by atoms with Gasteiger partial charge in [0.25, 0.3) is 0 Å². The fraction of sp³-hybridized carbons (Fsp3) is 0.526. The number of aliphatic hydroxyl groups is 2. The van der Waals surface area contributed by atoms with Gasteiger partial charge in [-0.2, -0.15) is 5.10 Å². The lowest BCUT2D eigenvalue weighted by Gasteiger charge is -2.33. The van der Waals surface area contributed by atoms with Crippen LogP contribution in [0.2, 0.25) is 0 Å². The zero-order valence-corrected chi connectivity index (χ0v) is 14.5. The summed E-state index contributed by atoms with van der Waals surface area (Å²) in [5, 5.41) is 23.6. The molecule has 136 valence electrons. The van der Waals surface area contributed by atoms with E-state index >= 15 is 0 Å². The van der Waals surface area contributed by atoms with Crippen LogP contribution in [0.5, 0.6) is 5.75 Å². The predicted molar refractivity (Wildman–Crippen MR) is 95.7 cm³/mol. The Kier molecular flexibility index (Phi) is 6.44. The minimum absolute atomic E-state index is 0.112. The third kappa shape index (κ3) is 5.04. The van der Waals surface area contributed by atoms with Gasteiger partial charge in [-0.05, 0) is 44.1 Å².